The van der Waals surface area contributed by atoms with Crippen LogP contribution in [0, 0.1) is 0 Å². The van der Waals surface area contributed by atoms with Gasteiger partial charge in [-0.2, -0.15) is 0 Å². The van der Waals surface area contributed by atoms with Gasteiger partial charge in [0.05, 0.1) is 7.11 Å². The maximum Gasteiger partial charge on any atom is 0.331 e. The Labute approximate surface area is 168 Å². The summed E-state index contributed by atoms with van der Waals surface area (Å²) >= 11 is 6.49. The van der Waals surface area contributed by atoms with Crippen molar-refractivity contribution in [2.45, 2.75) is 25.4 Å². The highest BCUT2D eigenvalue weighted by Crippen LogP contribution is 2.17. The molecule has 0 radical (unpaired) electrons. The molecule has 152 valence electrons. The van der Waals surface area contributed by atoms with Gasteiger partial charge in [0.25, 0.3) is 5.91 Å². The second kappa shape index (κ2) is 9.99. The predicted octanol–water partition coefficient (Wildman–Crippen LogP) is -0.393. The van der Waals surface area contributed by atoms with Gasteiger partial charge in [-0.1, -0.05) is 12.1 Å². The molecule has 1 aromatic rings. The van der Waals surface area contributed by atoms with Gasteiger partial charge in [-0.3, -0.25) is 14.4 Å². The SMILES string of the molecule is CCCO/N=C(\C(=O)NC1C(=O)NC1C(=O)OC)c1csc(NC(=O)CCl)n1. The molecule has 28 heavy (non-hydrogen) atoms. The number of β-lactam (4-membered cyclic amide) rings is 1. The number of anilines is 1. The third kappa shape index (κ3) is 5.16. The Morgan fingerprint density at radius 2 is 2.18 bits per heavy atom. The molecule has 2 atom stereocenters. The van der Waals surface area contributed by atoms with Crippen LogP contribution in [-0.4, -0.2) is 66.1 Å². The van der Waals surface area contributed by atoms with E-state index in [0.29, 0.717) is 6.42 Å². The first-order chi connectivity index (χ1) is 13.4. The quantitative estimate of drug-likeness (QED) is 0.120. The van der Waals surface area contributed by atoms with Crippen LogP contribution in [0.1, 0.15) is 19.0 Å². The second-order valence-corrected chi connectivity index (χ2v) is 6.58. The Hall–Kier alpha value is -2.73. The number of thiazole rings is 1. The summed E-state index contributed by atoms with van der Waals surface area (Å²) in [6.45, 7) is 2.11. The van der Waals surface area contributed by atoms with Crippen molar-refractivity contribution < 1.29 is 28.8 Å². The van der Waals surface area contributed by atoms with E-state index >= 15 is 0 Å². The molecular weight excluding hydrogens is 414 g/mol. The van der Waals surface area contributed by atoms with Gasteiger partial charge in [-0.05, 0) is 6.42 Å². The largest absolute Gasteiger partial charge is 0.467 e. The first kappa shape index (κ1) is 21.6. The van der Waals surface area contributed by atoms with Crippen molar-refractivity contribution in [3.63, 3.8) is 0 Å². The summed E-state index contributed by atoms with van der Waals surface area (Å²) in [4.78, 5) is 56.5. The molecular formula is C15H18ClN5O6S. The lowest BCUT2D eigenvalue weighted by molar-refractivity contribution is -0.153. The number of alkyl halides is 1. The van der Waals surface area contributed by atoms with Crippen LogP contribution < -0.4 is 16.0 Å². The van der Waals surface area contributed by atoms with Crippen LogP contribution >= 0.6 is 22.9 Å². The highest BCUT2D eigenvalue weighted by Gasteiger charge is 2.46. The van der Waals surface area contributed by atoms with Crippen molar-refractivity contribution in [1.29, 1.82) is 0 Å². The van der Waals surface area contributed by atoms with Crippen molar-refractivity contribution in [3.8, 4) is 0 Å². The predicted molar refractivity (Wildman–Crippen MR) is 100 cm³/mol. The number of hydrogen-bond donors (Lipinski definition) is 3. The average Bonchev–Trinajstić information content (AvgIpc) is 3.14. The number of oxime groups is 1. The monoisotopic (exact) mass is 431 g/mol. The number of rotatable bonds is 9. The Bertz CT molecular complexity index is 798. The van der Waals surface area contributed by atoms with Crippen molar-refractivity contribution >= 4 is 57.5 Å². The molecule has 0 bridgehead atoms. The van der Waals surface area contributed by atoms with Crippen LogP contribution in [0.2, 0.25) is 0 Å². The summed E-state index contributed by atoms with van der Waals surface area (Å²) in [5, 5.41) is 12.7. The Kier molecular flexibility index (Phi) is 7.70. The fraction of sp³-hybridized carbons (Fsp3) is 0.467. The van der Waals surface area contributed by atoms with E-state index in [1.165, 1.54) is 12.5 Å². The molecule has 1 aliphatic rings. The molecule has 11 nitrogen and oxygen atoms in total. The van der Waals surface area contributed by atoms with Gasteiger partial charge in [-0.15, -0.1) is 22.9 Å². The highest BCUT2D eigenvalue weighted by atomic mass is 35.5. The zero-order valence-corrected chi connectivity index (χ0v) is 16.6. The van der Waals surface area contributed by atoms with Gasteiger partial charge < -0.3 is 25.5 Å². The number of esters is 1. The molecule has 2 rings (SSSR count). The summed E-state index contributed by atoms with van der Waals surface area (Å²) in [5.41, 5.74) is -0.0859. The van der Waals surface area contributed by atoms with E-state index in [9.17, 15) is 19.2 Å². The van der Waals surface area contributed by atoms with Crippen LogP contribution in [-0.2, 0) is 28.8 Å². The van der Waals surface area contributed by atoms with E-state index in [4.69, 9.17) is 16.4 Å². The fourth-order valence-electron chi connectivity index (χ4n) is 2.06. The van der Waals surface area contributed by atoms with Gasteiger partial charge in [0.15, 0.2) is 16.9 Å². The van der Waals surface area contributed by atoms with Crippen LogP contribution in [0.4, 0.5) is 5.13 Å². The van der Waals surface area contributed by atoms with E-state index in [2.05, 4.69) is 30.8 Å². The summed E-state index contributed by atoms with van der Waals surface area (Å²) in [7, 11) is 1.17. The van der Waals surface area contributed by atoms with Crippen LogP contribution in [0.5, 0.6) is 0 Å². The Morgan fingerprint density at radius 3 is 2.79 bits per heavy atom. The molecule has 0 spiro atoms. The number of carbonyl (C=O) groups excluding carboxylic acids is 4. The summed E-state index contributed by atoms with van der Waals surface area (Å²) < 4.78 is 4.57. The lowest BCUT2D eigenvalue weighted by Gasteiger charge is -2.34. The van der Waals surface area contributed by atoms with E-state index in [1.807, 2.05) is 6.92 Å². The minimum Gasteiger partial charge on any atom is -0.467 e. The average molecular weight is 432 g/mol. The molecule has 13 heteroatoms. The topological polar surface area (TPSA) is 148 Å². The normalized spacial score (nSPS) is 18.5. The maximum absolute atomic E-state index is 12.6. The van der Waals surface area contributed by atoms with Gasteiger partial charge in [-0.25, -0.2) is 9.78 Å². The first-order valence-electron chi connectivity index (χ1n) is 8.12. The van der Waals surface area contributed by atoms with Gasteiger partial charge >= 0.3 is 5.97 Å². The molecule has 1 aromatic heterocycles. The van der Waals surface area contributed by atoms with E-state index in [1.54, 1.807) is 0 Å². The van der Waals surface area contributed by atoms with Crippen molar-refractivity contribution in [2.24, 2.45) is 5.16 Å². The summed E-state index contributed by atoms with van der Waals surface area (Å²) in [5.74, 6) is -2.71. The minimum absolute atomic E-state index is 0.123. The minimum atomic E-state index is -1.11. The van der Waals surface area contributed by atoms with Crippen LogP contribution in [0.25, 0.3) is 0 Å². The Balaban J connectivity index is 2.17. The van der Waals surface area contributed by atoms with Gasteiger partial charge in [0.2, 0.25) is 11.8 Å². The molecule has 0 saturated carbocycles. The molecule has 1 saturated heterocycles. The van der Waals surface area contributed by atoms with Crippen LogP contribution in [0.15, 0.2) is 10.5 Å². The number of nitrogens with one attached hydrogen (secondary N) is 3. The number of halogens is 1. The van der Waals surface area contributed by atoms with Crippen LogP contribution in [0.3, 0.4) is 0 Å². The second-order valence-electron chi connectivity index (χ2n) is 5.45. The number of ether oxygens (including phenoxy) is 1. The molecule has 2 unspecified atom stereocenters. The van der Waals surface area contributed by atoms with Crippen molar-refractivity contribution in [1.82, 2.24) is 15.6 Å². The standard InChI is InChI=1S/C15H18ClN5O6S/c1-3-4-27-21-9(7-6-28-15(17-7)18-8(22)5-16)12(23)19-10-11(14(25)26-2)20-13(10)24/h6,10-11H,3-5H2,1-2H3,(H,19,23)(H,20,24)(H,17,18,22)/b21-9-. The number of aromatic nitrogens is 1. The molecule has 3 amide bonds. The molecule has 0 aromatic carbocycles. The lowest BCUT2D eigenvalue weighted by Crippen LogP contribution is -2.72. The summed E-state index contributed by atoms with van der Waals surface area (Å²) in [6, 6.07) is -2.10. The number of hydrogen-bond acceptors (Lipinski definition) is 9. The molecule has 1 fully saturated rings. The molecule has 0 aliphatic carbocycles. The maximum atomic E-state index is 12.6. The van der Waals surface area contributed by atoms with E-state index in [0.717, 1.165) is 11.3 Å². The third-order valence-electron chi connectivity index (χ3n) is 3.44. The Morgan fingerprint density at radius 1 is 1.43 bits per heavy atom. The van der Waals surface area contributed by atoms with Gasteiger partial charge in [0.1, 0.15) is 24.2 Å². The number of carbonyl (C=O) groups is 4. The van der Waals surface area contributed by atoms with Crippen molar-refractivity contribution in [2.75, 3.05) is 24.9 Å². The number of methoxy groups -OCH3 is 1. The first-order valence-corrected chi connectivity index (χ1v) is 9.53. The van der Waals surface area contributed by atoms with Gasteiger partial charge in [0, 0.05) is 5.38 Å². The number of amides is 3. The van der Waals surface area contributed by atoms with E-state index < -0.39 is 35.8 Å². The fourth-order valence-corrected chi connectivity index (χ4v) is 2.84. The lowest BCUT2D eigenvalue weighted by atomic mass is 9.99. The zero-order chi connectivity index (χ0) is 20.7. The molecule has 3 N–H and O–H groups in total. The van der Waals surface area contributed by atoms with Crippen molar-refractivity contribution in [3.05, 3.63) is 11.1 Å². The number of nitrogens with zero attached hydrogens (tertiary/aromatic N) is 2. The highest BCUT2D eigenvalue weighted by molar-refractivity contribution is 7.14. The molecule has 1 aliphatic heterocycles. The summed E-state index contributed by atoms with van der Waals surface area (Å²) in [6.07, 6.45) is 0.655. The third-order valence-corrected chi connectivity index (χ3v) is 4.44. The molecule has 2 heterocycles. The zero-order valence-electron chi connectivity index (χ0n) is 15.0. The smallest absolute Gasteiger partial charge is 0.331 e. The van der Waals surface area contributed by atoms with E-state index in [-0.39, 0.29) is 29.0 Å².